The summed E-state index contributed by atoms with van der Waals surface area (Å²) in [5.74, 6) is -0.268. The van der Waals surface area contributed by atoms with Gasteiger partial charge < -0.3 is 0 Å². The van der Waals surface area contributed by atoms with Crippen molar-refractivity contribution in [2.45, 2.75) is 12.1 Å². The maximum absolute atomic E-state index is 13.2. The predicted molar refractivity (Wildman–Crippen MR) is 140 cm³/mol. The summed E-state index contributed by atoms with van der Waals surface area (Å²) in [6.45, 7) is 1.90. The molecule has 0 spiro atoms. The molecule has 1 heterocycles. The molecule has 0 aliphatic heterocycles. The number of halogens is 1. The molecule has 3 aromatic carbocycles. The third-order valence-corrected chi connectivity index (χ3v) is 6.00. The Bertz CT molecular complexity index is 1430. The van der Waals surface area contributed by atoms with Gasteiger partial charge in [0.25, 0.3) is 11.5 Å². The molecule has 4 rings (SSSR count). The number of hydrogen-bond acceptors (Lipinski definition) is 5. The van der Waals surface area contributed by atoms with Gasteiger partial charge in [0, 0.05) is 5.02 Å². The molecular formula is C26H21ClN4O2S. The van der Waals surface area contributed by atoms with E-state index in [0.29, 0.717) is 26.8 Å². The average Bonchev–Trinajstić information content (AvgIpc) is 2.84. The number of para-hydroxylation sites is 1. The van der Waals surface area contributed by atoms with E-state index < -0.39 is 0 Å². The highest BCUT2D eigenvalue weighted by molar-refractivity contribution is 7.99. The normalized spacial score (nSPS) is 11.8. The Morgan fingerprint density at radius 3 is 2.53 bits per heavy atom. The number of hydrazone groups is 1. The van der Waals surface area contributed by atoms with Crippen LogP contribution in [0.15, 0.2) is 99.5 Å². The Hall–Kier alpha value is -3.68. The molecule has 0 aliphatic carbocycles. The smallest absolute Gasteiger partial charge is 0.266 e. The van der Waals surface area contributed by atoms with E-state index in [1.165, 1.54) is 4.57 Å². The van der Waals surface area contributed by atoms with E-state index in [2.05, 4.69) is 15.5 Å². The minimum absolute atomic E-state index is 0.0388. The third kappa shape index (κ3) is 5.81. The van der Waals surface area contributed by atoms with Crippen molar-refractivity contribution in [1.82, 2.24) is 15.0 Å². The molecule has 1 N–H and O–H groups in total. The van der Waals surface area contributed by atoms with E-state index in [4.69, 9.17) is 11.6 Å². The molecule has 0 bridgehead atoms. The Kier molecular flexibility index (Phi) is 7.57. The molecule has 6 nitrogen and oxygen atoms in total. The Morgan fingerprint density at radius 1 is 1.06 bits per heavy atom. The zero-order valence-corrected chi connectivity index (χ0v) is 19.9. The van der Waals surface area contributed by atoms with Crippen LogP contribution < -0.4 is 11.0 Å². The minimum Gasteiger partial charge on any atom is -0.272 e. The molecule has 0 fully saturated rings. The standard InChI is InChI=1S/C26H21ClN4O2S/c1-18(15-19-7-3-2-4-8-19)16-28-30-24(32)17-34-26-29-23-10-6-5-9-22(23)25(33)31(26)21-13-11-20(27)12-14-21/h2-16H,17H2,1H3,(H,30,32)/b18-15+,28-16+. The number of carbonyl (C=O) groups excluding carboxylic acids is 1. The lowest BCUT2D eigenvalue weighted by molar-refractivity contribution is -0.118. The second kappa shape index (κ2) is 11.0. The number of fused-ring (bicyclic) bond motifs is 1. The van der Waals surface area contributed by atoms with Crippen molar-refractivity contribution in [3.8, 4) is 5.69 Å². The molecule has 8 heteroatoms. The van der Waals surface area contributed by atoms with Crippen LogP contribution in [-0.4, -0.2) is 27.4 Å². The fraction of sp³-hybridized carbons (Fsp3) is 0.0769. The Labute approximate surface area is 206 Å². The van der Waals surface area contributed by atoms with Gasteiger partial charge >= 0.3 is 0 Å². The number of allylic oxidation sites excluding steroid dienone is 1. The fourth-order valence-electron chi connectivity index (χ4n) is 3.24. The van der Waals surface area contributed by atoms with Crippen LogP contribution in [0.25, 0.3) is 22.7 Å². The van der Waals surface area contributed by atoms with Crippen molar-refractivity contribution < 1.29 is 4.79 Å². The number of nitrogens with zero attached hydrogens (tertiary/aromatic N) is 3. The zero-order valence-electron chi connectivity index (χ0n) is 18.3. The van der Waals surface area contributed by atoms with Crippen molar-refractivity contribution in [3.63, 3.8) is 0 Å². The van der Waals surface area contributed by atoms with E-state index in [9.17, 15) is 9.59 Å². The Morgan fingerprint density at radius 2 is 1.76 bits per heavy atom. The molecule has 34 heavy (non-hydrogen) atoms. The first-order chi connectivity index (χ1) is 16.5. The number of rotatable bonds is 7. The highest BCUT2D eigenvalue weighted by Crippen LogP contribution is 2.22. The van der Waals surface area contributed by atoms with Gasteiger partial charge in [-0.25, -0.2) is 10.4 Å². The van der Waals surface area contributed by atoms with Crippen molar-refractivity contribution in [3.05, 3.63) is 105 Å². The van der Waals surface area contributed by atoms with Crippen LogP contribution in [0.5, 0.6) is 0 Å². The van der Waals surface area contributed by atoms with E-state index in [0.717, 1.165) is 22.9 Å². The summed E-state index contributed by atoms with van der Waals surface area (Å²) in [7, 11) is 0. The molecule has 170 valence electrons. The highest BCUT2D eigenvalue weighted by atomic mass is 35.5. The summed E-state index contributed by atoms with van der Waals surface area (Å²) in [5, 5.41) is 5.50. The van der Waals surface area contributed by atoms with Crippen molar-refractivity contribution in [2.24, 2.45) is 5.10 Å². The average molecular weight is 489 g/mol. The van der Waals surface area contributed by atoms with Crippen LogP contribution in [-0.2, 0) is 4.79 Å². The number of amides is 1. The molecule has 0 atom stereocenters. The monoisotopic (exact) mass is 488 g/mol. The van der Waals surface area contributed by atoms with Crippen molar-refractivity contribution >= 4 is 52.5 Å². The van der Waals surface area contributed by atoms with Gasteiger partial charge in [-0.05, 0) is 54.5 Å². The molecule has 0 saturated heterocycles. The maximum atomic E-state index is 13.2. The molecule has 4 aromatic rings. The predicted octanol–water partition coefficient (Wildman–Crippen LogP) is 5.34. The van der Waals surface area contributed by atoms with Gasteiger partial charge in [0.1, 0.15) is 0 Å². The quantitative estimate of drug-likeness (QED) is 0.165. The third-order valence-electron chi connectivity index (χ3n) is 4.81. The molecule has 1 amide bonds. The second-order valence-corrected chi connectivity index (χ2v) is 8.79. The second-order valence-electron chi connectivity index (χ2n) is 7.41. The van der Waals surface area contributed by atoms with E-state index in [1.54, 1.807) is 48.7 Å². The maximum Gasteiger partial charge on any atom is 0.266 e. The summed E-state index contributed by atoms with van der Waals surface area (Å²) in [4.78, 5) is 30.2. The fourth-order valence-corrected chi connectivity index (χ4v) is 4.18. The first kappa shape index (κ1) is 23.5. The van der Waals surface area contributed by atoms with Crippen LogP contribution in [0.1, 0.15) is 12.5 Å². The van der Waals surface area contributed by atoms with Crippen LogP contribution in [0.2, 0.25) is 5.02 Å². The lowest BCUT2D eigenvalue weighted by atomic mass is 10.1. The van der Waals surface area contributed by atoms with Crippen LogP contribution in [0.3, 0.4) is 0 Å². The van der Waals surface area contributed by atoms with Gasteiger partial charge in [-0.1, -0.05) is 71.9 Å². The van der Waals surface area contributed by atoms with Crippen molar-refractivity contribution in [2.75, 3.05) is 5.75 Å². The summed E-state index contributed by atoms with van der Waals surface area (Å²) < 4.78 is 1.49. The van der Waals surface area contributed by atoms with Crippen molar-refractivity contribution in [1.29, 1.82) is 0 Å². The van der Waals surface area contributed by atoms with E-state index >= 15 is 0 Å². The van der Waals surface area contributed by atoms with E-state index in [-0.39, 0.29) is 17.2 Å². The molecular weight excluding hydrogens is 468 g/mol. The topological polar surface area (TPSA) is 76.3 Å². The molecule has 0 saturated carbocycles. The number of carbonyl (C=O) groups is 1. The molecule has 1 aromatic heterocycles. The van der Waals surface area contributed by atoms with Crippen LogP contribution >= 0.6 is 23.4 Å². The van der Waals surface area contributed by atoms with Crippen LogP contribution in [0, 0.1) is 0 Å². The number of nitrogens with one attached hydrogen (secondary N) is 1. The van der Waals surface area contributed by atoms with Gasteiger partial charge in [0.15, 0.2) is 5.16 Å². The summed E-state index contributed by atoms with van der Waals surface area (Å²) >= 11 is 7.18. The number of thioether (sulfide) groups is 1. The van der Waals surface area contributed by atoms with Gasteiger partial charge in [-0.3, -0.25) is 14.2 Å². The lowest BCUT2D eigenvalue weighted by Crippen LogP contribution is -2.24. The SMILES string of the molecule is CC(/C=N/NC(=O)CSc1nc2ccccc2c(=O)n1-c1ccc(Cl)cc1)=C\c1ccccc1. The molecule has 0 unspecified atom stereocenters. The summed E-state index contributed by atoms with van der Waals surface area (Å²) in [6, 6.07) is 23.9. The molecule has 0 aliphatic rings. The number of benzene rings is 3. The van der Waals surface area contributed by atoms with E-state index in [1.807, 2.05) is 49.4 Å². The first-order valence-electron chi connectivity index (χ1n) is 10.5. The number of aromatic nitrogens is 2. The Balaban J connectivity index is 1.51. The van der Waals surface area contributed by atoms with Crippen LogP contribution in [0.4, 0.5) is 0 Å². The largest absolute Gasteiger partial charge is 0.272 e. The van der Waals surface area contributed by atoms with Gasteiger partial charge in [0.05, 0.1) is 28.6 Å². The lowest BCUT2D eigenvalue weighted by Gasteiger charge is -2.13. The molecule has 0 radical (unpaired) electrons. The zero-order chi connectivity index (χ0) is 23.9. The van der Waals surface area contributed by atoms with Gasteiger partial charge in [-0.2, -0.15) is 5.10 Å². The first-order valence-corrected chi connectivity index (χ1v) is 11.8. The number of hydrogen-bond donors (Lipinski definition) is 1. The summed E-state index contributed by atoms with van der Waals surface area (Å²) in [6.07, 6.45) is 3.56. The van der Waals surface area contributed by atoms with Gasteiger partial charge in [-0.15, -0.1) is 0 Å². The van der Waals surface area contributed by atoms with Gasteiger partial charge in [0.2, 0.25) is 0 Å². The minimum atomic E-state index is -0.307. The highest BCUT2D eigenvalue weighted by Gasteiger charge is 2.14. The summed E-state index contributed by atoms with van der Waals surface area (Å²) in [5.41, 5.74) is 5.45.